The first-order valence-corrected chi connectivity index (χ1v) is 13.4. The average Bonchev–Trinajstić information content (AvgIpc) is 2.91. The Morgan fingerprint density at radius 3 is 2.22 bits per heavy atom. The van der Waals surface area contributed by atoms with E-state index in [-0.39, 0.29) is 0 Å². The molecule has 2 saturated heterocycles. The second kappa shape index (κ2) is 15.5. The minimum Gasteiger partial charge on any atom is -0.442 e. The van der Waals surface area contributed by atoms with Crippen LogP contribution in [-0.4, -0.2) is 132 Å². The summed E-state index contributed by atoms with van der Waals surface area (Å²) in [5, 5.41) is 46.0. The topological polar surface area (TPSA) is 241 Å². The number of esters is 1. The molecule has 2 aliphatic rings. The third kappa shape index (κ3) is 8.53. The van der Waals surface area contributed by atoms with Crippen molar-refractivity contribution in [1.82, 2.24) is 10.6 Å². The van der Waals surface area contributed by atoms with E-state index in [4.69, 9.17) is 28.4 Å². The fourth-order valence-electron chi connectivity index (χ4n) is 4.51. The number of nitroso groups, excluding NO2 is 1. The van der Waals surface area contributed by atoms with E-state index in [2.05, 4.69) is 15.2 Å². The van der Waals surface area contributed by atoms with Crippen molar-refractivity contribution >= 4 is 29.7 Å². The second-order valence-corrected chi connectivity index (χ2v) is 11.5. The van der Waals surface area contributed by atoms with E-state index in [1.165, 1.54) is 35.0 Å². The molecule has 2 amide bonds. The van der Waals surface area contributed by atoms with Crippen LogP contribution in [0, 0.1) is 10.8 Å². The molecule has 17 nitrogen and oxygen atoms in total. The lowest BCUT2D eigenvalue weighted by Gasteiger charge is -2.46. The number of aliphatic hydroxyl groups is 4. The number of nitrogens with zero attached hydrogens (tertiary/aromatic N) is 1. The van der Waals surface area contributed by atoms with Gasteiger partial charge in [0.05, 0.1) is 17.5 Å². The van der Waals surface area contributed by atoms with Gasteiger partial charge in [0.25, 0.3) is 0 Å². The SMILES string of the molecule is COC1OC(C(=O)OCNC(=O)[C@H](NC(C)=O)C(C)(C)SN=O)[C@@H](O[C@@H]2OC(CO)C(O)[C@H](OC)C2C)C(O)C1O. The lowest BCUT2D eigenvalue weighted by molar-refractivity contribution is -0.345. The summed E-state index contributed by atoms with van der Waals surface area (Å²) in [5.74, 6) is -3.15. The Balaban J connectivity index is 2.18. The highest BCUT2D eigenvalue weighted by Gasteiger charge is 2.53. The lowest BCUT2D eigenvalue weighted by atomic mass is 9.91. The Kier molecular flexibility index (Phi) is 13.3. The van der Waals surface area contributed by atoms with E-state index in [0.717, 1.165) is 0 Å². The van der Waals surface area contributed by atoms with Crippen molar-refractivity contribution in [3.8, 4) is 0 Å². The number of hydrogen-bond donors (Lipinski definition) is 6. The number of carbonyl (C=O) groups excluding carboxylic acids is 3. The molecule has 236 valence electrons. The Bertz CT molecular complexity index is 913. The Morgan fingerprint density at radius 1 is 1.02 bits per heavy atom. The minimum atomic E-state index is -1.75. The lowest BCUT2D eigenvalue weighted by Crippen LogP contribution is -2.64. The van der Waals surface area contributed by atoms with E-state index in [9.17, 15) is 39.7 Å². The molecular weight excluding hydrogens is 574 g/mol. The molecule has 2 aliphatic heterocycles. The molecule has 0 bridgehead atoms. The molecule has 6 N–H and O–H groups in total. The summed E-state index contributed by atoms with van der Waals surface area (Å²) in [4.78, 5) is 48.2. The molecule has 0 radical (unpaired) electrons. The number of rotatable bonds is 13. The third-order valence-corrected chi connectivity index (χ3v) is 7.55. The normalized spacial score (nSPS) is 34.8. The van der Waals surface area contributed by atoms with Crippen LogP contribution in [0.15, 0.2) is 4.58 Å². The van der Waals surface area contributed by atoms with Gasteiger partial charge in [0.15, 0.2) is 25.4 Å². The van der Waals surface area contributed by atoms with E-state index >= 15 is 0 Å². The first kappa shape index (κ1) is 35.2. The third-order valence-electron chi connectivity index (χ3n) is 6.76. The number of methoxy groups -OCH3 is 2. The van der Waals surface area contributed by atoms with Crippen molar-refractivity contribution in [2.75, 3.05) is 27.6 Å². The number of amides is 2. The van der Waals surface area contributed by atoms with Crippen LogP contribution >= 0.6 is 11.9 Å². The summed E-state index contributed by atoms with van der Waals surface area (Å²) in [7, 11) is 2.51. The summed E-state index contributed by atoms with van der Waals surface area (Å²) in [6, 6.07) is -1.23. The van der Waals surface area contributed by atoms with E-state index in [0.29, 0.717) is 11.9 Å². The highest BCUT2D eigenvalue weighted by atomic mass is 32.2. The van der Waals surface area contributed by atoms with Crippen molar-refractivity contribution < 1.29 is 63.2 Å². The fraction of sp³-hybridized carbons (Fsp3) is 0.870. The van der Waals surface area contributed by atoms with Gasteiger partial charge in [0.1, 0.15) is 36.6 Å². The van der Waals surface area contributed by atoms with Crippen molar-refractivity contribution in [2.24, 2.45) is 10.5 Å². The molecule has 2 heterocycles. The van der Waals surface area contributed by atoms with E-state index in [1.807, 2.05) is 0 Å². The summed E-state index contributed by atoms with van der Waals surface area (Å²) < 4.78 is 34.0. The van der Waals surface area contributed by atoms with Crippen molar-refractivity contribution in [1.29, 1.82) is 0 Å². The zero-order chi connectivity index (χ0) is 31.1. The number of ether oxygens (including phenoxy) is 6. The molecule has 7 unspecified atom stereocenters. The Morgan fingerprint density at radius 2 is 1.68 bits per heavy atom. The molecule has 0 aromatic heterocycles. The molecule has 0 aromatic carbocycles. The summed E-state index contributed by atoms with van der Waals surface area (Å²) in [5.41, 5.74) is 0. The van der Waals surface area contributed by atoms with Crippen molar-refractivity contribution in [3.05, 3.63) is 4.91 Å². The van der Waals surface area contributed by atoms with Crippen molar-refractivity contribution in [2.45, 2.75) is 93.8 Å². The van der Waals surface area contributed by atoms with Gasteiger partial charge in [0.2, 0.25) is 11.8 Å². The smallest absolute Gasteiger partial charge is 0.339 e. The van der Waals surface area contributed by atoms with Gasteiger partial charge < -0.3 is 59.5 Å². The van der Waals surface area contributed by atoms with Gasteiger partial charge in [-0.25, -0.2) is 4.79 Å². The number of aliphatic hydroxyl groups excluding tert-OH is 4. The van der Waals surface area contributed by atoms with Crippen LogP contribution in [-0.2, 0) is 42.8 Å². The van der Waals surface area contributed by atoms with Crippen LogP contribution in [0.4, 0.5) is 0 Å². The summed E-state index contributed by atoms with van der Waals surface area (Å²) >= 11 is 0.530. The monoisotopic (exact) mass is 613 g/mol. The van der Waals surface area contributed by atoms with Gasteiger partial charge in [-0.3, -0.25) is 9.59 Å². The van der Waals surface area contributed by atoms with Gasteiger partial charge >= 0.3 is 5.97 Å². The zero-order valence-electron chi connectivity index (χ0n) is 23.5. The Hall–Kier alpha value is -2.00. The van der Waals surface area contributed by atoms with Gasteiger partial charge in [-0.2, -0.15) is 0 Å². The fourth-order valence-corrected chi connectivity index (χ4v) is 4.98. The first-order valence-electron chi connectivity index (χ1n) is 12.6. The molecule has 0 aliphatic carbocycles. The van der Waals surface area contributed by atoms with Crippen LogP contribution in [0.3, 0.4) is 0 Å². The Labute approximate surface area is 240 Å². The molecule has 0 spiro atoms. The maximum atomic E-state index is 13.1. The van der Waals surface area contributed by atoms with Gasteiger partial charge in [-0.1, -0.05) is 6.92 Å². The second-order valence-electron chi connectivity index (χ2n) is 10.1. The first-order chi connectivity index (χ1) is 19.2. The van der Waals surface area contributed by atoms with Gasteiger partial charge in [0, 0.05) is 43.6 Å². The van der Waals surface area contributed by atoms with Crippen LogP contribution in [0.1, 0.15) is 27.7 Å². The predicted octanol–water partition coefficient (Wildman–Crippen LogP) is -2.49. The number of nitrogens with one attached hydrogen (secondary N) is 2. The van der Waals surface area contributed by atoms with Crippen LogP contribution in [0.25, 0.3) is 0 Å². The highest BCUT2D eigenvalue weighted by molar-refractivity contribution is 7.99. The van der Waals surface area contributed by atoms with E-state index in [1.54, 1.807) is 6.92 Å². The molecule has 18 heteroatoms. The van der Waals surface area contributed by atoms with Crippen LogP contribution < -0.4 is 10.6 Å². The molecule has 11 atom stereocenters. The standard InChI is InChI=1S/C23H39N3O14S/c1-9-15(35-5)12(29)11(7-27)38-21(9)39-16-13(30)14(31)22(36-6)40-17(16)20(33)37-8-24-19(32)18(25-10(2)28)23(3,4)41-26-34/h9,11-18,21-22,27,29-31H,7-8H2,1-6H3,(H,24,32)(H,25,28)/t9?,11?,12?,13?,14?,15-,16+,17?,18+,21+,22?/m1/s1. The maximum Gasteiger partial charge on any atom is 0.339 e. The van der Waals surface area contributed by atoms with Crippen LogP contribution in [0.5, 0.6) is 0 Å². The predicted molar refractivity (Wildman–Crippen MR) is 138 cm³/mol. The van der Waals surface area contributed by atoms with Crippen molar-refractivity contribution in [3.63, 3.8) is 0 Å². The average molecular weight is 614 g/mol. The molecule has 0 saturated carbocycles. The molecule has 0 aromatic rings. The highest BCUT2D eigenvalue weighted by Crippen LogP contribution is 2.33. The maximum absolute atomic E-state index is 13.1. The molecule has 2 rings (SSSR count). The summed E-state index contributed by atoms with van der Waals surface area (Å²) in [6.07, 6.45) is -12.6. The van der Waals surface area contributed by atoms with Gasteiger partial charge in [-0.15, -0.1) is 4.91 Å². The van der Waals surface area contributed by atoms with Gasteiger partial charge in [-0.05, 0) is 13.8 Å². The van der Waals surface area contributed by atoms with Crippen LogP contribution in [0.2, 0.25) is 0 Å². The molecular formula is C23H39N3O14S. The number of carbonyl (C=O) groups is 3. The molecule has 2 fully saturated rings. The number of hydrogen-bond acceptors (Lipinski definition) is 16. The largest absolute Gasteiger partial charge is 0.442 e. The zero-order valence-corrected chi connectivity index (χ0v) is 24.3. The summed E-state index contributed by atoms with van der Waals surface area (Å²) in [6.45, 7) is 4.49. The molecule has 41 heavy (non-hydrogen) atoms. The minimum absolute atomic E-state index is 0.530. The quantitative estimate of drug-likeness (QED) is 0.0545. The van der Waals surface area contributed by atoms with E-state index < -0.39 is 103 Å².